The number of rotatable bonds is 6. The van der Waals surface area contributed by atoms with Crippen LogP contribution in [0.1, 0.15) is 30.0 Å². The van der Waals surface area contributed by atoms with Gasteiger partial charge in [-0.15, -0.1) is 11.3 Å². The van der Waals surface area contributed by atoms with E-state index in [9.17, 15) is 0 Å². The van der Waals surface area contributed by atoms with Gasteiger partial charge in [0.05, 0.1) is 6.61 Å². The molecule has 0 spiro atoms. The van der Waals surface area contributed by atoms with Crippen LogP contribution in [0.15, 0.2) is 12.1 Å². The zero-order chi connectivity index (χ0) is 10.4. The maximum Gasteiger partial charge on any atom is 0.0584 e. The molecule has 1 rings (SSSR count). The third kappa shape index (κ3) is 3.40. The van der Waals surface area contributed by atoms with Gasteiger partial charge in [-0.1, -0.05) is 13.8 Å². The first-order valence-corrected chi connectivity index (χ1v) is 6.03. The maximum absolute atomic E-state index is 9.00. The van der Waals surface area contributed by atoms with Crippen molar-refractivity contribution in [2.45, 2.75) is 39.3 Å². The second kappa shape index (κ2) is 6.17. The molecule has 0 aliphatic carbocycles. The molecule has 0 aliphatic heterocycles. The predicted molar refractivity (Wildman–Crippen MR) is 61.7 cm³/mol. The minimum Gasteiger partial charge on any atom is -0.395 e. The van der Waals surface area contributed by atoms with Crippen LogP contribution in [0.25, 0.3) is 0 Å². The van der Waals surface area contributed by atoms with Crippen molar-refractivity contribution < 1.29 is 5.11 Å². The van der Waals surface area contributed by atoms with Crippen molar-refractivity contribution in [1.29, 1.82) is 0 Å². The average molecular weight is 213 g/mol. The fourth-order valence-electron chi connectivity index (χ4n) is 1.29. The topological polar surface area (TPSA) is 32.3 Å². The Hall–Kier alpha value is -0.380. The lowest BCUT2D eigenvalue weighted by Gasteiger charge is -2.12. The Bertz CT molecular complexity index is 256. The quantitative estimate of drug-likeness (QED) is 0.759. The molecule has 14 heavy (non-hydrogen) atoms. The zero-order valence-electron chi connectivity index (χ0n) is 8.92. The lowest BCUT2D eigenvalue weighted by atomic mass is 10.2. The molecule has 0 bridgehead atoms. The van der Waals surface area contributed by atoms with E-state index >= 15 is 0 Å². The van der Waals surface area contributed by atoms with E-state index in [1.54, 1.807) is 0 Å². The van der Waals surface area contributed by atoms with E-state index in [0.717, 1.165) is 19.4 Å². The summed E-state index contributed by atoms with van der Waals surface area (Å²) in [6.45, 7) is 5.36. The molecule has 2 N–H and O–H groups in total. The van der Waals surface area contributed by atoms with Crippen LogP contribution < -0.4 is 5.32 Å². The van der Waals surface area contributed by atoms with Gasteiger partial charge in [0.2, 0.25) is 0 Å². The molecular formula is C11H19NOS. The Labute approximate surface area is 90.0 Å². The Morgan fingerprint density at radius 3 is 2.57 bits per heavy atom. The van der Waals surface area contributed by atoms with E-state index < -0.39 is 0 Å². The normalized spacial score (nSPS) is 13.1. The highest BCUT2D eigenvalue weighted by Crippen LogP contribution is 2.16. The third-order valence-electron chi connectivity index (χ3n) is 2.34. The van der Waals surface area contributed by atoms with E-state index in [4.69, 9.17) is 5.11 Å². The molecular weight excluding hydrogens is 194 g/mol. The minimum atomic E-state index is 0.225. The monoisotopic (exact) mass is 213 g/mol. The van der Waals surface area contributed by atoms with Crippen molar-refractivity contribution >= 4 is 11.3 Å². The van der Waals surface area contributed by atoms with E-state index in [1.165, 1.54) is 9.75 Å². The van der Waals surface area contributed by atoms with E-state index in [-0.39, 0.29) is 12.6 Å². The molecule has 2 nitrogen and oxygen atoms in total. The lowest BCUT2D eigenvalue weighted by molar-refractivity contribution is 0.238. The van der Waals surface area contributed by atoms with Crippen molar-refractivity contribution in [2.24, 2.45) is 0 Å². The van der Waals surface area contributed by atoms with Gasteiger partial charge in [0, 0.05) is 22.3 Å². The molecule has 0 radical (unpaired) electrons. The highest BCUT2D eigenvalue weighted by Gasteiger charge is 2.04. The highest BCUT2D eigenvalue weighted by atomic mass is 32.1. The van der Waals surface area contributed by atoms with Gasteiger partial charge in [-0.3, -0.25) is 0 Å². The molecule has 3 heteroatoms. The molecule has 0 fully saturated rings. The lowest BCUT2D eigenvalue weighted by Crippen LogP contribution is -2.30. The van der Waals surface area contributed by atoms with Crippen molar-refractivity contribution in [2.75, 3.05) is 6.61 Å². The molecule has 1 heterocycles. The molecule has 1 aromatic rings. The van der Waals surface area contributed by atoms with Crippen molar-refractivity contribution in [3.63, 3.8) is 0 Å². The molecule has 0 amide bonds. The number of aliphatic hydroxyl groups excluding tert-OH is 1. The smallest absolute Gasteiger partial charge is 0.0584 e. The Balaban J connectivity index is 2.37. The maximum atomic E-state index is 9.00. The van der Waals surface area contributed by atoms with Crippen molar-refractivity contribution in [3.05, 3.63) is 21.9 Å². The molecule has 1 unspecified atom stereocenters. The largest absolute Gasteiger partial charge is 0.395 e. The first kappa shape index (κ1) is 11.7. The number of hydrogen-bond acceptors (Lipinski definition) is 3. The van der Waals surface area contributed by atoms with Gasteiger partial charge in [0.15, 0.2) is 0 Å². The van der Waals surface area contributed by atoms with Crippen LogP contribution in [0.2, 0.25) is 0 Å². The Morgan fingerprint density at radius 2 is 2.07 bits per heavy atom. The van der Waals surface area contributed by atoms with Gasteiger partial charge in [0.25, 0.3) is 0 Å². The number of nitrogens with one attached hydrogen (secondary N) is 1. The summed E-state index contributed by atoms with van der Waals surface area (Å²) in [5.74, 6) is 0. The van der Waals surface area contributed by atoms with Gasteiger partial charge in [0.1, 0.15) is 0 Å². The van der Waals surface area contributed by atoms with Crippen LogP contribution in [0.5, 0.6) is 0 Å². The number of hydrogen-bond donors (Lipinski definition) is 2. The van der Waals surface area contributed by atoms with Gasteiger partial charge in [-0.2, -0.15) is 0 Å². The van der Waals surface area contributed by atoms with Crippen LogP contribution in [0, 0.1) is 0 Å². The van der Waals surface area contributed by atoms with Gasteiger partial charge >= 0.3 is 0 Å². The average Bonchev–Trinajstić information content (AvgIpc) is 2.67. The van der Waals surface area contributed by atoms with Gasteiger partial charge in [-0.25, -0.2) is 0 Å². The van der Waals surface area contributed by atoms with Crippen LogP contribution in [0.3, 0.4) is 0 Å². The summed E-state index contributed by atoms with van der Waals surface area (Å²) in [7, 11) is 0. The second-order valence-electron chi connectivity index (χ2n) is 3.39. The summed E-state index contributed by atoms with van der Waals surface area (Å²) in [6.07, 6.45) is 2.09. The van der Waals surface area contributed by atoms with Crippen molar-refractivity contribution in [3.8, 4) is 0 Å². The third-order valence-corrected chi connectivity index (χ3v) is 3.57. The molecule has 0 saturated carbocycles. The molecule has 1 aromatic heterocycles. The predicted octanol–water partition coefficient (Wildman–Crippen LogP) is 2.17. The highest BCUT2D eigenvalue weighted by molar-refractivity contribution is 7.11. The summed E-state index contributed by atoms with van der Waals surface area (Å²) < 4.78 is 0. The molecule has 1 atom stereocenters. The minimum absolute atomic E-state index is 0.225. The summed E-state index contributed by atoms with van der Waals surface area (Å²) in [5, 5.41) is 12.3. The Kier molecular flexibility index (Phi) is 5.15. The van der Waals surface area contributed by atoms with Gasteiger partial charge < -0.3 is 10.4 Å². The number of thiophene rings is 1. The fraction of sp³-hybridized carbons (Fsp3) is 0.636. The molecule has 0 aliphatic rings. The molecule has 80 valence electrons. The van der Waals surface area contributed by atoms with E-state index in [2.05, 4.69) is 31.3 Å². The Morgan fingerprint density at radius 1 is 1.36 bits per heavy atom. The van der Waals surface area contributed by atoms with Crippen LogP contribution in [0.4, 0.5) is 0 Å². The van der Waals surface area contributed by atoms with E-state index in [0.29, 0.717) is 0 Å². The second-order valence-corrected chi connectivity index (χ2v) is 4.64. The van der Waals surface area contributed by atoms with Crippen LogP contribution in [-0.2, 0) is 13.0 Å². The SMILES string of the molecule is CCc1ccc(CNC(CC)CO)s1. The first-order valence-electron chi connectivity index (χ1n) is 5.22. The molecule has 0 aromatic carbocycles. The van der Waals surface area contributed by atoms with Crippen LogP contribution in [-0.4, -0.2) is 17.8 Å². The number of aliphatic hydroxyl groups is 1. The van der Waals surface area contributed by atoms with Gasteiger partial charge in [-0.05, 0) is 25.0 Å². The van der Waals surface area contributed by atoms with Crippen LogP contribution >= 0.6 is 11.3 Å². The summed E-state index contributed by atoms with van der Waals surface area (Å²) in [4.78, 5) is 2.78. The zero-order valence-corrected chi connectivity index (χ0v) is 9.73. The molecule has 0 saturated heterocycles. The number of aryl methyl sites for hydroxylation is 1. The first-order chi connectivity index (χ1) is 6.80. The van der Waals surface area contributed by atoms with Crippen molar-refractivity contribution in [1.82, 2.24) is 5.32 Å². The standard InChI is InChI=1S/C11H19NOS/c1-3-9(8-13)12-7-11-6-5-10(4-2)14-11/h5-6,9,12-13H,3-4,7-8H2,1-2H3. The fourth-order valence-corrected chi connectivity index (χ4v) is 2.20. The summed E-state index contributed by atoms with van der Waals surface area (Å²) in [5.41, 5.74) is 0. The summed E-state index contributed by atoms with van der Waals surface area (Å²) in [6, 6.07) is 4.59. The van der Waals surface area contributed by atoms with E-state index in [1.807, 2.05) is 11.3 Å². The summed E-state index contributed by atoms with van der Waals surface area (Å²) >= 11 is 1.85.